The average Bonchev–Trinajstić information content (AvgIpc) is 2.67. The highest BCUT2D eigenvalue weighted by molar-refractivity contribution is 5.37. The van der Waals surface area contributed by atoms with Crippen LogP contribution in [0.5, 0.6) is 5.75 Å². The molecule has 0 bridgehead atoms. The first-order chi connectivity index (χ1) is 6.81. The van der Waals surface area contributed by atoms with Crippen LogP contribution in [-0.2, 0) is 4.74 Å². The van der Waals surface area contributed by atoms with E-state index in [1.54, 1.807) is 6.07 Å². The van der Waals surface area contributed by atoms with Crippen molar-refractivity contribution in [3.63, 3.8) is 0 Å². The zero-order chi connectivity index (χ0) is 9.97. The molecule has 0 fully saturated rings. The number of benzene rings is 1. The number of para-hydroxylation sites is 1. The largest absolute Gasteiger partial charge is 0.508 e. The second-order valence-corrected chi connectivity index (χ2v) is 3.47. The summed E-state index contributed by atoms with van der Waals surface area (Å²) < 4.78 is 5.57. The van der Waals surface area contributed by atoms with Crippen LogP contribution in [0.25, 0.3) is 0 Å². The number of phenols is 1. The number of hydrogen-bond donors (Lipinski definition) is 1. The molecule has 0 aliphatic carbocycles. The van der Waals surface area contributed by atoms with Gasteiger partial charge < -0.3 is 9.84 Å². The number of aromatic hydroxyl groups is 1. The van der Waals surface area contributed by atoms with Gasteiger partial charge in [0.05, 0.1) is 6.61 Å². The minimum atomic E-state index is -0.0638. The predicted octanol–water partition coefficient (Wildman–Crippen LogP) is 2.80. The molecule has 14 heavy (non-hydrogen) atoms. The van der Waals surface area contributed by atoms with E-state index < -0.39 is 0 Å². The summed E-state index contributed by atoms with van der Waals surface area (Å²) in [6, 6.07) is 7.32. The first kappa shape index (κ1) is 9.28. The predicted molar refractivity (Wildman–Crippen MR) is 55.2 cm³/mol. The molecule has 1 aliphatic heterocycles. The van der Waals surface area contributed by atoms with Gasteiger partial charge in [-0.3, -0.25) is 0 Å². The van der Waals surface area contributed by atoms with E-state index in [1.165, 1.54) is 5.57 Å². The highest BCUT2D eigenvalue weighted by Gasteiger charge is 2.19. The maximum absolute atomic E-state index is 9.62. The zero-order valence-electron chi connectivity index (χ0n) is 8.23. The van der Waals surface area contributed by atoms with Crippen LogP contribution in [0.1, 0.15) is 25.0 Å². The van der Waals surface area contributed by atoms with Gasteiger partial charge >= 0.3 is 0 Å². The Hall–Kier alpha value is -1.28. The first-order valence-corrected chi connectivity index (χ1v) is 4.90. The third-order valence-corrected chi connectivity index (χ3v) is 2.53. The monoisotopic (exact) mass is 190 g/mol. The van der Waals surface area contributed by atoms with Gasteiger partial charge in [-0.1, -0.05) is 25.1 Å². The summed E-state index contributed by atoms with van der Waals surface area (Å²) >= 11 is 0. The summed E-state index contributed by atoms with van der Waals surface area (Å²) in [5.74, 6) is 0.311. The molecule has 1 aromatic rings. The zero-order valence-corrected chi connectivity index (χ0v) is 8.23. The Balaban J connectivity index is 2.25. The van der Waals surface area contributed by atoms with Crippen molar-refractivity contribution in [3.05, 3.63) is 41.5 Å². The van der Waals surface area contributed by atoms with Gasteiger partial charge in [0.1, 0.15) is 11.9 Å². The Labute approximate surface area is 83.8 Å². The lowest BCUT2D eigenvalue weighted by atomic mass is 10.1. The van der Waals surface area contributed by atoms with Crippen molar-refractivity contribution in [2.45, 2.75) is 19.4 Å². The molecule has 1 heterocycles. The quantitative estimate of drug-likeness (QED) is 0.726. The molecule has 74 valence electrons. The van der Waals surface area contributed by atoms with Crippen LogP contribution in [0.3, 0.4) is 0 Å². The molecule has 2 rings (SSSR count). The van der Waals surface area contributed by atoms with Gasteiger partial charge in [-0.25, -0.2) is 0 Å². The summed E-state index contributed by atoms with van der Waals surface area (Å²) in [6.45, 7) is 2.80. The lowest BCUT2D eigenvalue weighted by molar-refractivity contribution is 0.123. The molecule has 1 aliphatic rings. The molecule has 0 radical (unpaired) electrons. The smallest absolute Gasteiger partial charge is 0.121 e. The minimum absolute atomic E-state index is 0.0638. The topological polar surface area (TPSA) is 29.5 Å². The maximum atomic E-state index is 9.62. The summed E-state index contributed by atoms with van der Waals surface area (Å²) in [6.07, 6.45) is 3.05. The van der Waals surface area contributed by atoms with Gasteiger partial charge in [0.15, 0.2) is 0 Å². The van der Waals surface area contributed by atoms with Crippen LogP contribution in [0.4, 0.5) is 0 Å². The second-order valence-electron chi connectivity index (χ2n) is 3.47. The van der Waals surface area contributed by atoms with E-state index in [9.17, 15) is 5.11 Å². The maximum Gasteiger partial charge on any atom is 0.121 e. The molecule has 0 saturated carbocycles. The number of ether oxygens (including phenoxy) is 1. The number of hydrogen-bond acceptors (Lipinski definition) is 2. The van der Waals surface area contributed by atoms with E-state index in [1.807, 2.05) is 18.2 Å². The summed E-state index contributed by atoms with van der Waals surface area (Å²) in [7, 11) is 0. The molecule has 0 aromatic heterocycles. The lowest BCUT2D eigenvalue weighted by Crippen LogP contribution is -1.95. The molecular formula is C12H14O2. The van der Waals surface area contributed by atoms with Gasteiger partial charge in [0.2, 0.25) is 0 Å². The summed E-state index contributed by atoms with van der Waals surface area (Å²) in [5.41, 5.74) is 2.16. The van der Waals surface area contributed by atoms with Crippen LogP contribution in [0, 0.1) is 0 Å². The molecule has 2 nitrogen and oxygen atoms in total. The molecule has 0 amide bonds. The lowest BCUT2D eigenvalue weighted by Gasteiger charge is -2.09. The third-order valence-electron chi connectivity index (χ3n) is 2.53. The van der Waals surface area contributed by atoms with E-state index >= 15 is 0 Å². The Morgan fingerprint density at radius 2 is 2.21 bits per heavy atom. The van der Waals surface area contributed by atoms with Crippen LogP contribution >= 0.6 is 0 Å². The fourth-order valence-electron chi connectivity index (χ4n) is 1.63. The summed E-state index contributed by atoms with van der Waals surface area (Å²) in [4.78, 5) is 0. The van der Waals surface area contributed by atoms with E-state index in [0.717, 1.165) is 12.0 Å². The molecule has 1 N–H and O–H groups in total. The van der Waals surface area contributed by atoms with Gasteiger partial charge in [0.25, 0.3) is 0 Å². The number of phenolic OH excluding ortho intramolecular Hbond substituents is 1. The Morgan fingerprint density at radius 1 is 1.43 bits per heavy atom. The highest BCUT2D eigenvalue weighted by Crippen LogP contribution is 2.32. The van der Waals surface area contributed by atoms with Crippen LogP contribution < -0.4 is 0 Å². The Bertz CT molecular complexity index is 355. The van der Waals surface area contributed by atoms with Crippen molar-refractivity contribution in [3.8, 4) is 5.75 Å². The van der Waals surface area contributed by atoms with E-state index in [-0.39, 0.29) is 6.10 Å². The summed E-state index contributed by atoms with van der Waals surface area (Å²) in [5, 5.41) is 9.62. The van der Waals surface area contributed by atoms with E-state index in [2.05, 4.69) is 13.0 Å². The molecule has 0 spiro atoms. The molecule has 0 saturated heterocycles. The van der Waals surface area contributed by atoms with Crippen LogP contribution in [-0.4, -0.2) is 11.7 Å². The minimum Gasteiger partial charge on any atom is -0.508 e. The molecule has 1 aromatic carbocycles. The van der Waals surface area contributed by atoms with Gasteiger partial charge in [-0.2, -0.15) is 0 Å². The standard InChI is InChI=1S/C12H14O2/c1-2-9-7-12(14-8-9)10-5-3-4-6-11(10)13/h3-7,12-13H,2,8H2,1H3/t12-/m0/s1. The van der Waals surface area contributed by atoms with Crippen molar-refractivity contribution in [1.29, 1.82) is 0 Å². The Morgan fingerprint density at radius 3 is 2.86 bits per heavy atom. The van der Waals surface area contributed by atoms with Gasteiger partial charge in [-0.15, -0.1) is 0 Å². The fraction of sp³-hybridized carbons (Fsp3) is 0.333. The van der Waals surface area contributed by atoms with Crippen molar-refractivity contribution < 1.29 is 9.84 Å². The van der Waals surface area contributed by atoms with Crippen LogP contribution in [0.2, 0.25) is 0 Å². The average molecular weight is 190 g/mol. The van der Waals surface area contributed by atoms with Gasteiger partial charge in [0, 0.05) is 5.56 Å². The van der Waals surface area contributed by atoms with Crippen molar-refractivity contribution >= 4 is 0 Å². The molecule has 2 heteroatoms. The third kappa shape index (κ3) is 1.66. The first-order valence-electron chi connectivity index (χ1n) is 4.90. The molecule has 0 unspecified atom stereocenters. The van der Waals surface area contributed by atoms with E-state index in [4.69, 9.17) is 4.74 Å². The van der Waals surface area contributed by atoms with Crippen molar-refractivity contribution in [2.24, 2.45) is 0 Å². The van der Waals surface area contributed by atoms with Crippen molar-refractivity contribution in [2.75, 3.05) is 6.61 Å². The van der Waals surface area contributed by atoms with Crippen LogP contribution in [0.15, 0.2) is 35.9 Å². The molecule has 1 atom stereocenters. The van der Waals surface area contributed by atoms with E-state index in [0.29, 0.717) is 12.4 Å². The highest BCUT2D eigenvalue weighted by atomic mass is 16.5. The SMILES string of the molecule is CCC1=C[C@@H](c2ccccc2O)OC1. The molecular weight excluding hydrogens is 176 g/mol. The fourth-order valence-corrected chi connectivity index (χ4v) is 1.63. The Kier molecular flexibility index (Phi) is 2.55. The van der Waals surface area contributed by atoms with Crippen molar-refractivity contribution in [1.82, 2.24) is 0 Å². The number of rotatable bonds is 2. The normalized spacial score (nSPS) is 20.9. The second kappa shape index (κ2) is 3.84. The van der Waals surface area contributed by atoms with Gasteiger partial charge in [-0.05, 0) is 24.1 Å².